The largest absolute Gasteiger partial charge is 0.328 e. The molecular formula is C11H16N2O3. The monoisotopic (exact) mass is 224 g/mol. The molecule has 0 unspecified atom stereocenters. The number of barbiturate groups is 1. The zero-order valence-corrected chi connectivity index (χ0v) is 9.66. The predicted octanol–water partition coefficient (Wildman–Crippen LogP) is 0.961. The van der Waals surface area contributed by atoms with E-state index in [4.69, 9.17) is 0 Å². The molecular weight excluding hydrogens is 208 g/mol. The van der Waals surface area contributed by atoms with E-state index in [1.54, 1.807) is 26.0 Å². The Morgan fingerprint density at radius 2 is 1.75 bits per heavy atom. The van der Waals surface area contributed by atoms with E-state index in [1.807, 2.05) is 6.92 Å². The summed E-state index contributed by atoms with van der Waals surface area (Å²) in [6.45, 7) is 5.37. The van der Waals surface area contributed by atoms with Gasteiger partial charge in [-0.1, -0.05) is 26.0 Å². The topological polar surface area (TPSA) is 75.3 Å². The highest BCUT2D eigenvalue weighted by Crippen LogP contribution is 2.34. The molecule has 1 saturated heterocycles. The maximum Gasteiger partial charge on any atom is 0.328 e. The van der Waals surface area contributed by atoms with E-state index < -0.39 is 23.3 Å². The molecule has 0 aromatic heterocycles. The first kappa shape index (κ1) is 12.4. The van der Waals surface area contributed by atoms with Crippen LogP contribution in [0.1, 0.15) is 27.2 Å². The summed E-state index contributed by atoms with van der Waals surface area (Å²) >= 11 is 0. The highest BCUT2D eigenvalue weighted by atomic mass is 16.2. The van der Waals surface area contributed by atoms with E-state index in [1.165, 1.54) is 0 Å². The second-order valence-corrected chi connectivity index (χ2v) is 3.88. The Hall–Kier alpha value is -1.65. The van der Waals surface area contributed by atoms with Crippen molar-refractivity contribution in [3.63, 3.8) is 0 Å². The van der Waals surface area contributed by atoms with Crippen molar-refractivity contribution in [2.45, 2.75) is 27.2 Å². The van der Waals surface area contributed by atoms with Crippen molar-refractivity contribution < 1.29 is 14.4 Å². The van der Waals surface area contributed by atoms with Gasteiger partial charge in [-0.2, -0.15) is 0 Å². The average Bonchev–Trinajstić information content (AvgIpc) is 2.18. The van der Waals surface area contributed by atoms with Crippen LogP contribution in [0.25, 0.3) is 0 Å². The van der Waals surface area contributed by atoms with E-state index in [0.29, 0.717) is 6.42 Å². The van der Waals surface area contributed by atoms with Crippen LogP contribution >= 0.6 is 0 Å². The fourth-order valence-electron chi connectivity index (χ4n) is 2.07. The molecule has 88 valence electrons. The normalized spacial score (nSPS) is 21.8. The third-order valence-electron chi connectivity index (χ3n) is 3.08. The van der Waals surface area contributed by atoms with E-state index in [9.17, 15) is 14.4 Å². The summed E-state index contributed by atoms with van der Waals surface area (Å²) in [7, 11) is 0. The second-order valence-electron chi connectivity index (χ2n) is 3.88. The van der Waals surface area contributed by atoms with Crippen molar-refractivity contribution in [2.24, 2.45) is 11.3 Å². The van der Waals surface area contributed by atoms with Crippen molar-refractivity contribution >= 4 is 17.8 Å². The highest BCUT2D eigenvalue weighted by molar-refractivity contribution is 6.19. The molecule has 0 bridgehead atoms. The van der Waals surface area contributed by atoms with Crippen molar-refractivity contribution in [3.05, 3.63) is 12.2 Å². The maximum absolute atomic E-state index is 11.9. The minimum absolute atomic E-state index is 0.254. The summed E-state index contributed by atoms with van der Waals surface area (Å²) in [4.78, 5) is 34.7. The molecule has 0 aromatic rings. The van der Waals surface area contributed by atoms with Gasteiger partial charge in [-0.05, 0) is 19.3 Å². The Bertz CT molecular complexity index is 340. The first-order chi connectivity index (χ1) is 7.48. The molecule has 0 aliphatic carbocycles. The van der Waals surface area contributed by atoms with Gasteiger partial charge in [0.15, 0.2) is 0 Å². The zero-order valence-electron chi connectivity index (χ0n) is 9.66. The van der Waals surface area contributed by atoms with Gasteiger partial charge < -0.3 is 0 Å². The standard InChI is InChI=1S/C11H16N2O3/c1-4-6-7(3)11(5-2)8(14)12-10(16)13-9(11)15/h4,6-7H,5H2,1-3H3,(H2,12,13,14,15,16)/b6-4-/t7-/m1/s1. The summed E-state index contributed by atoms with van der Waals surface area (Å²) in [6.07, 6.45) is 3.93. The lowest BCUT2D eigenvalue weighted by Crippen LogP contribution is -2.64. The van der Waals surface area contributed by atoms with Crippen molar-refractivity contribution in [3.8, 4) is 0 Å². The number of carbonyl (C=O) groups is 3. The van der Waals surface area contributed by atoms with Gasteiger partial charge in [0.2, 0.25) is 11.8 Å². The maximum atomic E-state index is 11.9. The van der Waals surface area contributed by atoms with Gasteiger partial charge in [0.1, 0.15) is 5.41 Å². The number of imide groups is 2. The van der Waals surface area contributed by atoms with Gasteiger partial charge in [-0.15, -0.1) is 0 Å². The molecule has 4 amide bonds. The Balaban J connectivity index is 3.15. The molecule has 5 nitrogen and oxygen atoms in total. The molecule has 5 heteroatoms. The number of amides is 4. The van der Waals surface area contributed by atoms with Gasteiger partial charge in [0.25, 0.3) is 0 Å². The minimum atomic E-state index is -1.18. The summed E-state index contributed by atoms with van der Waals surface area (Å²) in [5.41, 5.74) is -1.18. The van der Waals surface area contributed by atoms with Crippen LogP contribution in [0.15, 0.2) is 12.2 Å². The third-order valence-corrected chi connectivity index (χ3v) is 3.08. The van der Waals surface area contributed by atoms with Crippen LogP contribution in [-0.2, 0) is 9.59 Å². The summed E-state index contributed by atoms with van der Waals surface area (Å²) < 4.78 is 0. The molecule has 0 radical (unpaired) electrons. The number of hydrogen-bond acceptors (Lipinski definition) is 3. The van der Waals surface area contributed by atoms with Gasteiger partial charge >= 0.3 is 6.03 Å². The van der Waals surface area contributed by atoms with Crippen LogP contribution < -0.4 is 10.6 Å². The molecule has 1 heterocycles. The molecule has 1 aliphatic rings. The predicted molar refractivity (Wildman–Crippen MR) is 58.4 cm³/mol. The molecule has 1 fully saturated rings. The summed E-state index contributed by atoms with van der Waals surface area (Å²) in [5.74, 6) is -1.29. The molecule has 0 saturated carbocycles. The van der Waals surface area contributed by atoms with Gasteiger partial charge in [-0.25, -0.2) is 4.79 Å². The van der Waals surface area contributed by atoms with Crippen LogP contribution in [0.5, 0.6) is 0 Å². The molecule has 1 rings (SSSR count). The van der Waals surface area contributed by atoms with Crippen LogP contribution in [0, 0.1) is 11.3 Å². The third kappa shape index (κ3) is 1.73. The smallest absolute Gasteiger partial charge is 0.277 e. The minimum Gasteiger partial charge on any atom is -0.277 e. The summed E-state index contributed by atoms with van der Waals surface area (Å²) in [6, 6.07) is -0.744. The highest BCUT2D eigenvalue weighted by Gasteiger charge is 2.51. The Labute approximate surface area is 94.3 Å². The Kier molecular flexibility index (Phi) is 3.47. The first-order valence-corrected chi connectivity index (χ1v) is 5.28. The lowest BCUT2D eigenvalue weighted by molar-refractivity contribution is -0.147. The lowest BCUT2D eigenvalue weighted by atomic mass is 9.71. The fourth-order valence-corrected chi connectivity index (χ4v) is 2.07. The first-order valence-electron chi connectivity index (χ1n) is 5.28. The number of nitrogens with one attached hydrogen (secondary N) is 2. The van der Waals surface area contributed by atoms with E-state index in [2.05, 4.69) is 10.6 Å². The number of allylic oxidation sites excluding steroid dienone is 2. The Morgan fingerprint density at radius 1 is 1.25 bits per heavy atom. The van der Waals surface area contributed by atoms with E-state index in [0.717, 1.165) is 0 Å². The van der Waals surface area contributed by atoms with Crippen LogP contribution in [-0.4, -0.2) is 17.8 Å². The average molecular weight is 224 g/mol. The SMILES string of the molecule is C/C=C\[C@@H](C)C1(CC)C(=O)NC(=O)NC1=O. The number of rotatable bonds is 3. The van der Waals surface area contributed by atoms with Crippen molar-refractivity contribution in [2.75, 3.05) is 0 Å². The van der Waals surface area contributed by atoms with Crippen molar-refractivity contribution in [1.82, 2.24) is 10.6 Å². The van der Waals surface area contributed by atoms with Crippen LogP contribution in [0.4, 0.5) is 4.79 Å². The quantitative estimate of drug-likeness (QED) is 0.554. The van der Waals surface area contributed by atoms with E-state index >= 15 is 0 Å². The van der Waals surface area contributed by atoms with Gasteiger partial charge in [0.05, 0.1) is 0 Å². The summed E-state index contributed by atoms with van der Waals surface area (Å²) in [5, 5.41) is 4.29. The van der Waals surface area contributed by atoms with Gasteiger partial charge in [-0.3, -0.25) is 20.2 Å². The molecule has 2 N–H and O–H groups in total. The number of urea groups is 1. The van der Waals surface area contributed by atoms with Crippen LogP contribution in [0.3, 0.4) is 0 Å². The van der Waals surface area contributed by atoms with Gasteiger partial charge in [0, 0.05) is 0 Å². The molecule has 1 atom stereocenters. The Morgan fingerprint density at radius 3 is 2.12 bits per heavy atom. The van der Waals surface area contributed by atoms with Crippen molar-refractivity contribution in [1.29, 1.82) is 0 Å². The van der Waals surface area contributed by atoms with Crippen LogP contribution in [0.2, 0.25) is 0 Å². The fraction of sp³-hybridized carbons (Fsp3) is 0.545. The molecule has 0 aromatic carbocycles. The van der Waals surface area contributed by atoms with E-state index in [-0.39, 0.29) is 5.92 Å². The molecule has 0 spiro atoms. The second kappa shape index (κ2) is 4.47. The number of hydrogen-bond donors (Lipinski definition) is 2. The zero-order chi connectivity index (χ0) is 12.3. The number of carbonyl (C=O) groups excluding carboxylic acids is 3. The molecule has 1 aliphatic heterocycles. The molecule has 16 heavy (non-hydrogen) atoms. The lowest BCUT2D eigenvalue weighted by Gasteiger charge is -2.36.